The van der Waals surface area contributed by atoms with Gasteiger partial charge in [-0.1, -0.05) is 17.7 Å². The second-order valence-electron chi connectivity index (χ2n) is 4.29. The van der Waals surface area contributed by atoms with E-state index in [0.29, 0.717) is 17.1 Å². The molecular weight excluding hydrogens is 294 g/mol. The maximum absolute atomic E-state index is 11.9. The van der Waals surface area contributed by atoms with E-state index in [-0.39, 0.29) is 24.5 Å². The van der Waals surface area contributed by atoms with Gasteiger partial charge in [0.05, 0.1) is 6.54 Å². The van der Waals surface area contributed by atoms with Gasteiger partial charge in [-0.15, -0.1) is 11.3 Å². The summed E-state index contributed by atoms with van der Waals surface area (Å²) < 4.78 is 0. The first-order valence-corrected chi connectivity index (χ1v) is 7.49. The molecule has 0 atom stereocenters. The molecule has 5 heteroatoms. The number of hydrogen-bond donors (Lipinski definition) is 1. The lowest BCUT2D eigenvalue weighted by Gasteiger charge is -2.04. The van der Waals surface area contributed by atoms with E-state index < -0.39 is 0 Å². The van der Waals surface area contributed by atoms with Crippen molar-refractivity contribution in [1.82, 2.24) is 5.32 Å². The standard InChI is InChI=1S/C15H14ClNO2S/c16-12-5-3-11(4-6-12)14(18)7-8-15(19)17-10-13-2-1-9-20-13/h1-6,9H,7-8,10H2,(H,17,19). The highest BCUT2D eigenvalue weighted by atomic mass is 35.5. The maximum atomic E-state index is 11.9. The summed E-state index contributed by atoms with van der Waals surface area (Å²) >= 11 is 7.35. The van der Waals surface area contributed by atoms with Crippen LogP contribution in [0, 0.1) is 0 Å². The number of rotatable bonds is 6. The molecule has 0 unspecified atom stereocenters. The van der Waals surface area contributed by atoms with E-state index in [1.165, 1.54) is 0 Å². The summed E-state index contributed by atoms with van der Waals surface area (Å²) in [5, 5.41) is 5.36. The normalized spacial score (nSPS) is 10.2. The lowest BCUT2D eigenvalue weighted by molar-refractivity contribution is -0.121. The molecule has 3 nitrogen and oxygen atoms in total. The van der Waals surface area contributed by atoms with Gasteiger partial charge in [0.25, 0.3) is 0 Å². The summed E-state index contributed by atoms with van der Waals surface area (Å²) in [7, 11) is 0. The van der Waals surface area contributed by atoms with Crippen molar-refractivity contribution in [1.29, 1.82) is 0 Å². The minimum Gasteiger partial charge on any atom is -0.351 e. The molecule has 1 heterocycles. The third kappa shape index (κ3) is 4.47. The van der Waals surface area contributed by atoms with Gasteiger partial charge in [0, 0.05) is 28.3 Å². The number of Topliss-reactive ketones (excluding diaryl/α,β-unsaturated/α-hetero) is 1. The van der Waals surface area contributed by atoms with Crippen molar-refractivity contribution in [2.24, 2.45) is 0 Å². The summed E-state index contributed by atoms with van der Waals surface area (Å²) in [6, 6.07) is 10.6. The SMILES string of the molecule is O=C(CCC(=O)c1ccc(Cl)cc1)NCc1cccs1. The van der Waals surface area contributed by atoms with Crippen LogP contribution < -0.4 is 5.32 Å². The van der Waals surface area contributed by atoms with Crippen LogP contribution in [0.3, 0.4) is 0 Å². The molecule has 0 fully saturated rings. The molecule has 1 N–H and O–H groups in total. The predicted octanol–water partition coefficient (Wildman–Crippen LogP) is 3.68. The van der Waals surface area contributed by atoms with Crippen LogP contribution in [-0.2, 0) is 11.3 Å². The van der Waals surface area contributed by atoms with E-state index in [2.05, 4.69) is 5.32 Å². The summed E-state index contributed by atoms with van der Waals surface area (Å²) in [4.78, 5) is 24.6. The fourth-order valence-corrected chi connectivity index (χ4v) is 2.46. The summed E-state index contributed by atoms with van der Waals surface area (Å²) in [5.41, 5.74) is 0.584. The van der Waals surface area contributed by atoms with Crippen molar-refractivity contribution in [2.75, 3.05) is 0 Å². The Morgan fingerprint density at radius 1 is 1.10 bits per heavy atom. The van der Waals surface area contributed by atoms with E-state index in [1.807, 2.05) is 17.5 Å². The summed E-state index contributed by atoms with van der Waals surface area (Å²) in [6.07, 6.45) is 0.407. The number of ketones is 1. The Balaban J connectivity index is 1.75. The van der Waals surface area contributed by atoms with Crippen LogP contribution in [0.1, 0.15) is 28.1 Å². The molecule has 20 heavy (non-hydrogen) atoms. The van der Waals surface area contributed by atoms with Crippen LogP contribution in [0.2, 0.25) is 5.02 Å². The van der Waals surface area contributed by atoms with Crippen molar-refractivity contribution in [2.45, 2.75) is 19.4 Å². The number of carbonyl (C=O) groups excluding carboxylic acids is 2. The molecule has 2 aromatic rings. The molecule has 0 aliphatic rings. The molecule has 2 rings (SSSR count). The number of carbonyl (C=O) groups is 2. The molecule has 0 saturated heterocycles. The van der Waals surface area contributed by atoms with E-state index in [4.69, 9.17) is 11.6 Å². The quantitative estimate of drug-likeness (QED) is 0.827. The molecule has 0 spiro atoms. The highest BCUT2D eigenvalue weighted by Gasteiger charge is 2.09. The van der Waals surface area contributed by atoms with Crippen LogP contribution in [0.15, 0.2) is 41.8 Å². The van der Waals surface area contributed by atoms with Crippen LogP contribution in [-0.4, -0.2) is 11.7 Å². The van der Waals surface area contributed by atoms with Crippen molar-refractivity contribution in [3.63, 3.8) is 0 Å². The van der Waals surface area contributed by atoms with Gasteiger partial charge < -0.3 is 5.32 Å². The molecule has 1 aromatic heterocycles. The van der Waals surface area contributed by atoms with E-state index >= 15 is 0 Å². The third-order valence-electron chi connectivity index (χ3n) is 2.79. The number of benzene rings is 1. The van der Waals surface area contributed by atoms with Gasteiger partial charge in [-0.25, -0.2) is 0 Å². The first-order valence-electron chi connectivity index (χ1n) is 6.23. The minimum absolute atomic E-state index is 0.0482. The zero-order valence-electron chi connectivity index (χ0n) is 10.8. The Morgan fingerprint density at radius 2 is 1.85 bits per heavy atom. The molecule has 104 valence electrons. The molecule has 0 radical (unpaired) electrons. The average molecular weight is 308 g/mol. The Kier molecular flexibility index (Phi) is 5.32. The van der Waals surface area contributed by atoms with E-state index in [9.17, 15) is 9.59 Å². The van der Waals surface area contributed by atoms with Crippen LogP contribution >= 0.6 is 22.9 Å². The molecule has 0 aliphatic carbocycles. The number of hydrogen-bond acceptors (Lipinski definition) is 3. The molecule has 0 aliphatic heterocycles. The first kappa shape index (κ1) is 14.8. The van der Waals surface area contributed by atoms with Crippen LogP contribution in [0.5, 0.6) is 0 Å². The van der Waals surface area contributed by atoms with E-state index in [1.54, 1.807) is 35.6 Å². The Hall–Kier alpha value is -1.65. The highest BCUT2D eigenvalue weighted by molar-refractivity contribution is 7.09. The maximum Gasteiger partial charge on any atom is 0.220 e. The Bertz CT molecular complexity index is 578. The Morgan fingerprint density at radius 3 is 2.50 bits per heavy atom. The molecule has 1 amide bonds. The summed E-state index contributed by atoms with van der Waals surface area (Å²) in [6.45, 7) is 0.519. The largest absolute Gasteiger partial charge is 0.351 e. The molecule has 0 saturated carbocycles. The van der Waals surface area contributed by atoms with Crippen LogP contribution in [0.25, 0.3) is 0 Å². The number of nitrogens with one attached hydrogen (secondary N) is 1. The zero-order chi connectivity index (χ0) is 14.4. The predicted molar refractivity (Wildman–Crippen MR) is 81.2 cm³/mol. The van der Waals surface area contributed by atoms with Crippen molar-refractivity contribution >= 4 is 34.6 Å². The monoisotopic (exact) mass is 307 g/mol. The molecule has 0 bridgehead atoms. The van der Waals surface area contributed by atoms with Gasteiger partial charge in [0.1, 0.15) is 0 Å². The third-order valence-corrected chi connectivity index (χ3v) is 3.91. The number of amides is 1. The second kappa shape index (κ2) is 7.22. The number of halogens is 1. The Labute approximate surface area is 126 Å². The highest BCUT2D eigenvalue weighted by Crippen LogP contribution is 2.12. The van der Waals surface area contributed by atoms with Crippen molar-refractivity contribution in [3.05, 3.63) is 57.2 Å². The van der Waals surface area contributed by atoms with Gasteiger partial charge in [-0.05, 0) is 35.7 Å². The fraction of sp³-hybridized carbons (Fsp3) is 0.200. The van der Waals surface area contributed by atoms with Gasteiger partial charge in [0.2, 0.25) is 5.91 Å². The molecule has 1 aromatic carbocycles. The lowest BCUT2D eigenvalue weighted by Crippen LogP contribution is -2.22. The van der Waals surface area contributed by atoms with Crippen LogP contribution in [0.4, 0.5) is 0 Å². The van der Waals surface area contributed by atoms with Gasteiger partial charge in [-0.2, -0.15) is 0 Å². The van der Waals surface area contributed by atoms with Crippen molar-refractivity contribution < 1.29 is 9.59 Å². The van der Waals surface area contributed by atoms with Gasteiger partial charge >= 0.3 is 0 Å². The first-order chi connectivity index (χ1) is 9.65. The van der Waals surface area contributed by atoms with E-state index in [0.717, 1.165) is 4.88 Å². The summed E-state index contributed by atoms with van der Waals surface area (Å²) in [5.74, 6) is -0.159. The molecular formula is C15H14ClNO2S. The smallest absolute Gasteiger partial charge is 0.220 e. The fourth-order valence-electron chi connectivity index (χ4n) is 1.69. The zero-order valence-corrected chi connectivity index (χ0v) is 12.3. The lowest BCUT2D eigenvalue weighted by atomic mass is 10.1. The average Bonchev–Trinajstić information content (AvgIpc) is 2.96. The van der Waals surface area contributed by atoms with Gasteiger partial charge in [-0.3, -0.25) is 9.59 Å². The number of thiophene rings is 1. The minimum atomic E-state index is -0.110. The topological polar surface area (TPSA) is 46.2 Å². The van der Waals surface area contributed by atoms with Gasteiger partial charge in [0.15, 0.2) is 5.78 Å². The second-order valence-corrected chi connectivity index (χ2v) is 5.75. The van der Waals surface area contributed by atoms with Crippen molar-refractivity contribution in [3.8, 4) is 0 Å².